The Morgan fingerprint density at radius 3 is 2.56 bits per heavy atom. The van der Waals surface area contributed by atoms with Crippen molar-refractivity contribution < 1.29 is 0 Å². The normalized spacial score (nSPS) is 11.8. The highest BCUT2D eigenvalue weighted by Gasteiger charge is 2.12. The summed E-state index contributed by atoms with van der Waals surface area (Å²) < 4.78 is 0. The molecule has 0 amide bonds. The Morgan fingerprint density at radius 2 is 1.88 bits per heavy atom. The summed E-state index contributed by atoms with van der Waals surface area (Å²) >= 11 is 0. The summed E-state index contributed by atoms with van der Waals surface area (Å²) in [7, 11) is 0. The Kier molecular flexibility index (Phi) is 2.98. The van der Waals surface area contributed by atoms with E-state index in [4.69, 9.17) is 5.26 Å². The molecular weight excluding hydrogens is 196 g/mol. The fourth-order valence-electron chi connectivity index (χ4n) is 1.77. The van der Waals surface area contributed by atoms with Crippen LogP contribution in [0.25, 0.3) is 0 Å². The van der Waals surface area contributed by atoms with Crippen LogP contribution < -0.4 is 0 Å². The Morgan fingerprint density at radius 1 is 1.12 bits per heavy atom. The zero-order chi connectivity index (χ0) is 11.4. The molecule has 0 saturated heterocycles. The van der Waals surface area contributed by atoms with Crippen molar-refractivity contribution in [3.8, 4) is 6.07 Å². The van der Waals surface area contributed by atoms with Crippen LogP contribution in [0.4, 0.5) is 0 Å². The number of benzene rings is 1. The van der Waals surface area contributed by atoms with E-state index in [1.807, 2.05) is 42.5 Å². The number of hydrogen-bond donors (Lipinski definition) is 0. The predicted molar refractivity (Wildman–Crippen MR) is 62.9 cm³/mol. The zero-order valence-corrected chi connectivity index (χ0v) is 9.09. The average Bonchev–Trinajstić information content (AvgIpc) is 2.39. The van der Waals surface area contributed by atoms with Gasteiger partial charge in [0.1, 0.15) is 0 Å². The lowest BCUT2D eigenvalue weighted by molar-refractivity contribution is 0.868. The van der Waals surface area contributed by atoms with Crippen molar-refractivity contribution in [2.45, 2.75) is 12.8 Å². The van der Waals surface area contributed by atoms with Crippen LogP contribution in [0.15, 0.2) is 48.7 Å². The van der Waals surface area contributed by atoms with E-state index in [1.165, 1.54) is 0 Å². The molecule has 0 N–H and O–H groups in total. The maximum absolute atomic E-state index is 9.04. The second kappa shape index (κ2) is 4.59. The van der Waals surface area contributed by atoms with E-state index in [1.54, 1.807) is 6.20 Å². The Labute approximate surface area is 95.2 Å². The van der Waals surface area contributed by atoms with Crippen molar-refractivity contribution >= 4 is 0 Å². The number of aromatic nitrogens is 1. The number of nitrogens with zero attached hydrogens (tertiary/aromatic N) is 2. The molecule has 0 fully saturated rings. The lowest BCUT2D eigenvalue weighted by Gasteiger charge is -2.12. The van der Waals surface area contributed by atoms with Crippen molar-refractivity contribution in [2.24, 2.45) is 0 Å². The highest BCUT2D eigenvalue weighted by Crippen LogP contribution is 2.24. The van der Waals surface area contributed by atoms with E-state index in [-0.39, 0.29) is 5.92 Å². The smallest absolute Gasteiger partial charge is 0.0994 e. The van der Waals surface area contributed by atoms with Crippen LogP contribution >= 0.6 is 0 Å². The molecular formula is C14H12N2. The maximum atomic E-state index is 9.04. The van der Waals surface area contributed by atoms with Crippen molar-refractivity contribution in [3.05, 3.63) is 65.5 Å². The molecule has 1 atom stereocenters. The molecule has 0 aliphatic rings. The highest BCUT2D eigenvalue weighted by atomic mass is 14.7. The number of rotatable bonds is 2. The van der Waals surface area contributed by atoms with E-state index in [9.17, 15) is 0 Å². The molecule has 2 heteroatoms. The van der Waals surface area contributed by atoms with Crippen molar-refractivity contribution in [3.63, 3.8) is 0 Å². The van der Waals surface area contributed by atoms with Gasteiger partial charge < -0.3 is 0 Å². The Hall–Kier alpha value is -2.14. The standard InChI is InChI=1S/C14H12N2/c1-11(14-8-4-5-9-16-14)13-7-3-2-6-12(13)10-15/h2-9,11H,1H3. The third-order valence-corrected chi connectivity index (χ3v) is 2.68. The summed E-state index contributed by atoms with van der Waals surface area (Å²) in [5.74, 6) is 0.150. The van der Waals surface area contributed by atoms with Gasteiger partial charge in [-0.2, -0.15) is 5.26 Å². The molecule has 2 aromatic rings. The molecule has 0 aliphatic carbocycles. The van der Waals surface area contributed by atoms with Crippen LogP contribution in [0.5, 0.6) is 0 Å². The van der Waals surface area contributed by atoms with E-state index >= 15 is 0 Å². The summed E-state index contributed by atoms with van der Waals surface area (Å²) in [5.41, 5.74) is 2.74. The molecule has 2 rings (SSSR count). The minimum Gasteiger partial charge on any atom is -0.261 e. The number of nitriles is 1. The van der Waals surface area contributed by atoms with Crippen molar-refractivity contribution in [1.29, 1.82) is 5.26 Å². The summed E-state index contributed by atoms with van der Waals surface area (Å²) in [6.45, 7) is 2.07. The Bertz CT molecular complexity index is 512. The van der Waals surface area contributed by atoms with E-state index < -0.39 is 0 Å². The predicted octanol–water partition coefficient (Wildman–Crippen LogP) is 3.11. The minimum atomic E-state index is 0.150. The first-order valence-corrected chi connectivity index (χ1v) is 5.23. The van der Waals surface area contributed by atoms with Crippen LogP contribution in [0.1, 0.15) is 29.7 Å². The van der Waals surface area contributed by atoms with Crippen molar-refractivity contribution in [2.75, 3.05) is 0 Å². The fourth-order valence-corrected chi connectivity index (χ4v) is 1.77. The molecule has 1 aromatic carbocycles. The van der Waals surface area contributed by atoms with Gasteiger partial charge in [0.2, 0.25) is 0 Å². The van der Waals surface area contributed by atoms with Gasteiger partial charge >= 0.3 is 0 Å². The van der Waals surface area contributed by atoms with E-state index in [2.05, 4.69) is 18.0 Å². The summed E-state index contributed by atoms with van der Waals surface area (Å²) in [6.07, 6.45) is 1.78. The van der Waals surface area contributed by atoms with E-state index in [0.717, 1.165) is 16.8 Å². The number of hydrogen-bond acceptors (Lipinski definition) is 2. The minimum absolute atomic E-state index is 0.150. The largest absolute Gasteiger partial charge is 0.261 e. The van der Waals surface area contributed by atoms with Gasteiger partial charge in [0, 0.05) is 17.8 Å². The van der Waals surface area contributed by atoms with Crippen LogP contribution in [0, 0.1) is 11.3 Å². The van der Waals surface area contributed by atoms with Gasteiger partial charge in [-0.15, -0.1) is 0 Å². The van der Waals surface area contributed by atoms with Crippen LogP contribution in [0.2, 0.25) is 0 Å². The second-order valence-electron chi connectivity index (χ2n) is 3.68. The molecule has 0 spiro atoms. The summed E-state index contributed by atoms with van der Waals surface area (Å²) in [4.78, 5) is 4.32. The molecule has 0 saturated carbocycles. The van der Waals surface area contributed by atoms with Gasteiger partial charge in [0.05, 0.1) is 11.6 Å². The molecule has 0 bridgehead atoms. The van der Waals surface area contributed by atoms with Crippen LogP contribution in [-0.2, 0) is 0 Å². The van der Waals surface area contributed by atoms with Gasteiger partial charge in [-0.3, -0.25) is 4.98 Å². The zero-order valence-electron chi connectivity index (χ0n) is 9.09. The maximum Gasteiger partial charge on any atom is 0.0994 e. The lowest BCUT2D eigenvalue weighted by atomic mass is 9.93. The summed E-state index contributed by atoms with van der Waals surface area (Å²) in [5, 5.41) is 9.04. The first kappa shape index (κ1) is 10.4. The third-order valence-electron chi connectivity index (χ3n) is 2.68. The molecule has 1 aromatic heterocycles. The lowest BCUT2D eigenvalue weighted by Crippen LogP contribution is -2.00. The highest BCUT2D eigenvalue weighted by molar-refractivity contribution is 5.42. The van der Waals surface area contributed by atoms with Gasteiger partial charge in [-0.05, 0) is 23.8 Å². The summed E-state index contributed by atoms with van der Waals surface area (Å²) in [6, 6.07) is 15.7. The van der Waals surface area contributed by atoms with E-state index in [0.29, 0.717) is 0 Å². The van der Waals surface area contributed by atoms with Gasteiger partial charge in [0.25, 0.3) is 0 Å². The van der Waals surface area contributed by atoms with Crippen LogP contribution in [0.3, 0.4) is 0 Å². The second-order valence-corrected chi connectivity index (χ2v) is 3.68. The van der Waals surface area contributed by atoms with Crippen LogP contribution in [-0.4, -0.2) is 4.98 Å². The molecule has 78 valence electrons. The van der Waals surface area contributed by atoms with Gasteiger partial charge in [-0.25, -0.2) is 0 Å². The molecule has 1 heterocycles. The van der Waals surface area contributed by atoms with Gasteiger partial charge in [-0.1, -0.05) is 31.2 Å². The van der Waals surface area contributed by atoms with Gasteiger partial charge in [0.15, 0.2) is 0 Å². The average molecular weight is 208 g/mol. The molecule has 1 unspecified atom stereocenters. The van der Waals surface area contributed by atoms with Crippen molar-refractivity contribution in [1.82, 2.24) is 4.98 Å². The molecule has 16 heavy (non-hydrogen) atoms. The first-order chi connectivity index (χ1) is 7.83. The SMILES string of the molecule is CC(c1ccccn1)c1ccccc1C#N. The number of pyridine rings is 1. The molecule has 2 nitrogen and oxygen atoms in total. The monoisotopic (exact) mass is 208 g/mol. The third kappa shape index (κ3) is 1.94. The topological polar surface area (TPSA) is 36.7 Å². The first-order valence-electron chi connectivity index (χ1n) is 5.23. The fraction of sp³-hybridized carbons (Fsp3) is 0.143. The molecule has 0 aliphatic heterocycles. The Balaban J connectivity index is 2.42. The molecule has 0 radical (unpaired) electrons. The quantitative estimate of drug-likeness (QED) is 0.760.